The van der Waals surface area contributed by atoms with Gasteiger partial charge in [-0.15, -0.1) is 0 Å². The lowest BCUT2D eigenvalue weighted by molar-refractivity contribution is -0.159. The quantitative estimate of drug-likeness (QED) is 0.594. The topological polar surface area (TPSA) is 137 Å². The Balaban J connectivity index is 0.000000469. The summed E-state index contributed by atoms with van der Waals surface area (Å²) in [5.41, 5.74) is 0.868. The Kier molecular flexibility index (Phi) is 8.88. The van der Waals surface area contributed by atoms with Crippen molar-refractivity contribution in [1.29, 1.82) is 0 Å². The van der Waals surface area contributed by atoms with Crippen LogP contribution in [0.1, 0.15) is 18.4 Å². The zero-order valence-corrected chi connectivity index (χ0v) is 17.0. The molecule has 2 saturated heterocycles. The SMILES string of the molecule is COc1cccc(CN2CCC(C(=O)N3CCOCC3)CC2)c1O.O=C(O)C(=O)O. The summed E-state index contributed by atoms with van der Waals surface area (Å²) in [6, 6.07) is 5.57. The number of benzene rings is 1. The molecule has 1 aromatic rings. The van der Waals surface area contributed by atoms with Gasteiger partial charge in [0.1, 0.15) is 0 Å². The maximum Gasteiger partial charge on any atom is 0.414 e. The van der Waals surface area contributed by atoms with Crippen molar-refractivity contribution in [2.24, 2.45) is 5.92 Å². The van der Waals surface area contributed by atoms with Gasteiger partial charge in [0.15, 0.2) is 11.5 Å². The number of likely N-dealkylation sites (tertiary alicyclic amines) is 1. The van der Waals surface area contributed by atoms with Gasteiger partial charge in [-0.05, 0) is 32.0 Å². The number of aliphatic carboxylic acids is 2. The van der Waals surface area contributed by atoms with E-state index < -0.39 is 11.9 Å². The summed E-state index contributed by atoms with van der Waals surface area (Å²) in [6.45, 7) is 5.17. The van der Waals surface area contributed by atoms with Gasteiger partial charge < -0.3 is 29.7 Å². The molecule has 2 heterocycles. The van der Waals surface area contributed by atoms with E-state index in [-0.39, 0.29) is 17.6 Å². The number of nitrogens with zero attached hydrogens (tertiary/aromatic N) is 2. The Bertz CT molecular complexity index is 728. The molecule has 0 atom stereocenters. The molecule has 0 spiro atoms. The van der Waals surface area contributed by atoms with Crippen LogP contribution in [0.5, 0.6) is 11.5 Å². The van der Waals surface area contributed by atoms with E-state index in [1.807, 2.05) is 17.0 Å². The van der Waals surface area contributed by atoms with E-state index in [9.17, 15) is 9.90 Å². The van der Waals surface area contributed by atoms with Gasteiger partial charge in [-0.3, -0.25) is 9.69 Å². The number of para-hydroxylation sites is 1. The van der Waals surface area contributed by atoms with Gasteiger partial charge in [0, 0.05) is 31.1 Å². The van der Waals surface area contributed by atoms with Crippen LogP contribution in [0.15, 0.2) is 18.2 Å². The number of rotatable bonds is 4. The number of carboxylic acids is 2. The molecule has 0 aliphatic carbocycles. The smallest absolute Gasteiger partial charge is 0.414 e. The number of amides is 1. The first-order valence-electron chi connectivity index (χ1n) is 9.73. The van der Waals surface area contributed by atoms with Gasteiger partial charge in [0.2, 0.25) is 5.91 Å². The summed E-state index contributed by atoms with van der Waals surface area (Å²) in [4.78, 5) is 35.0. The summed E-state index contributed by atoms with van der Waals surface area (Å²) in [5, 5.41) is 25.0. The maximum atomic E-state index is 12.6. The average Bonchev–Trinajstić information content (AvgIpc) is 2.76. The molecule has 3 rings (SSSR count). The zero-order valence-electron chi connectivity index (χ0n) is 17.0. The Morgan fingerprint density at radius 2 is 1.67 bits per heavy atom. The van der Waals surface area contributed by atoms with Crippen molar-refractivity contribution in [2.75, 3.05) is 46.5 Å². The predicted octanol–water partition coefficient (Wildman–Crippen LogP) is 0.627. The molecule has 30 heavy (non-hydrogen) atoms. The first kappa shape index (κ1) is 23.4. The van der Waals surface area contributed by atoms with Gasteiger partial charge in [-0.25, -0.2) is 9.59 Å². The largest absolute Gasteiger partial charge is 0.504 e. The Labute approximate surface area is 174 Å². The minimum atomic E-state index is -1.82. The number of methoxy groups -OCH3 is 1. The number of carboxylic acid groups (broad SMARTS) is 2. The van der Waals surface area contributed by atoms with Crippen molar-refractivity contribution in [2.45, 2.75) is 19.4 Å². The first-order chi connectivity index (χ1) is 14.3. The van der Waals surface area contributed by atoms with E-state index in [1.165, 1.54) is 0 Å². The monoisotopic (exact) mass is 424 g/mol. The molecule has 1 aromatic carbocycles. The van der Waals surface area contributed by atoms with E-state index in [4.69, 9.17) is 29.3 Å². The Morgan fingerprint density at radius 1 is 1.07 bits per heavy atom. The molecule has 2 fully saturated rings. The number of phenolic OH excluding ortho intramolecular Hbond substituents is 1. The molecule has 0 aromatic heterocycles. The standard InChI is InChI=1S/C18H26N2O4.C2H2O4/c1-23-16-4-2-3-15(17(16)21)13-19-7-5-14(6-8-19)18(22)20-9-11-24-12-10-20;3-1(4)2(5)6/h2-4,14,21H,5-13H2,1H3;(H,3,4)(H,5,6). The molecule has 0 saturated carbocycles. The molecule has 10 nitrogen and oxygen atoms in total. The molecule has 0 bridgehead atoms. The van der Waals surface area contributed by atoms with E-state index in [2.05, 4.69) is 4.90 Å². The van der Waals surface area contributed by atoms with Crippen LogP contribution in [0, 0.1) is 5.92 Å². The second-order valence-corrected chi connectivity index (χ2v) is 7.07. The lowest BCUT2D eigenvalue weighted by Crippen LogP contribution is -2.46. The third kappa shape index (κ3) is 6.60. The van der Waals surface area contributed by atoms with Crippen LogP contribution >= 0.6 is 0 Å². The number of aromatic hydroxyl groups is 1. The van der Waals surface area contributed by atoms with Crippen LogP contribution in [0.4, 0.5) is 0 Å². The number of hydrogen-bond acceptors (Lipinski definition) is 7. The van der Waals surface area contributed by atoms with Crippen molar-refractivity contribution in [3.8, 4) is 11.5 Å². The molecule has 166 valence electrons. The molecule has 1 amide bonds. The van der Waals surface area contributed by atoms with Gasteiger partial charge in [0.05, 0.1) is 20.3 Å². The van der Waals surface area contributed by atoms with E-state index in [0.717, 1.165) is 44.6 Å². The number of carbonyl (C=O) groups excluding carboxylic acids is 1. The molecule has 0 unspecified atom stereocenters. The third-order valence-electron chi connectivity index (χ3n) is 5.14. The van der Waals surface area contributed by atoms with E-state index in [0.29, 0.717) is 25.5 Å². The molecule has 10 heteroatoms. The van der Waals surface area contributed by atoms with Gasteiger partial charge in [-0.1, -0.05) is 12.1 Å². The van der Waals surface area contributed by atoms with Crippen molar-refractivity contribution in [3.05, 3.63) is 23.8 Å². The highest BCUT2D eigenvalue weighted by Gasteiger charge is 2.29. The van der Waals surface area contributed by atoms with Crippen molar-refractivity contribution in [1.82, 2.24) is 9.80 Å². The Hall–Kier alpha value is -2.85. The molecule has 3 N–H and O–H groups in total. The van der Waals surface area contributed by atoms with Crippen molar-refractivity contribution < 1.29 is 39.2 Å². The number of piperidine rings is 1. The number of phenols is 1. The zero-order chi connectivity index (χ0) is 22.1. The summed E-state index contributed by atoms with van der Waals surface area (Å²) in [7, 11) is 1.56. The number of morpholine rings is 1. The summed E-state index contributed by atoms with van der Waals surface area (Å²) < 4.78 is 10.5. The summed E-state index contributed by atoms with van der Waals surface area (Å²) in [6.07, 6.45) is 1.75. The molecule has 2 aliphatic rings. The van der Waals surface area contributed by atoms with Crippen LogP contribution < -0.4 is 4.74 Å². The average molecular weight is 424 g/mol. The molecule has 2 aliphatic heterocycles. The minimum Gasteiger partial charge on any atom is -0.504 e. The normalized spacial score (nSPS) is 17.6. The van der Waals surface area contributed by atoms with E-state index in [1.54, 1.807) is 13.2 Å². The van der Waals surface area contributed by atoms with Gasteiger partial charge in [-0.2, -0.15) is 0 Å². The number of carbonyl (C=O) groups is 3. The van der Waals surface area contributed by atoms with Crippen LogP contribution in [0.3, 0.4) is 0 Å². The Morgan fingerprint density at radius 3 is 2.20 bits per heavy atom. The fourth-order valence-corrected chi connectivity index (χ4v) is 3.48. The number of ether oxygens (including phenoxy) is 2. The van der Waals surface area contributed by atoms with Crippen molar-refractivity contribution in [3.63, 3.8) is 0 Å². The van der Waals surface area contributed by atoms with Gasteiger partial charge >= 0.3 is 11.9 Å². The van der Waals surface area contributed by atoms with E-state index >= 15 is 0 Å². The fourth-order valence-electron chi connectivity index (χ4n) is 3.48. The lowest BCUT2D eigenvalue weighted by Gasteiger charge is -2.35. The molecule has 0 radical (unpaired) electrons. The van der Waals surface area contributed by atoms with Crippen LogP contribution in [-0.4, -0.2) is 89.5 Å². The molecular formula is C20H28N2O8. The molecular weight excluding hydrogens is 396 g/mol. The highest BCUT2D eigenvalue weighted by atomic mass is 16.5. The van der Waals surface area contributed by atoms with Crippen LogP contribution in [-0.2, 0) is 25.7 Å². The fraction of sp³-hybridized carbons (Fsp3) is 0.550. The van der Waals surface area contributed by atoms with Crippen LogP contribution in [0.25, 0.3) is 0 Å². The highest BCUT2D eigenvalue weighted by molar-refractivity contribution is 6.27. The second-order valence-electron chi connectivity index (χ2n) is 7.07. The summed E-state index contributed by atoms with van der Waals surface area (Å²) >= 11 is 0. The number of hydrogen-bond donors (Lipinski definition) is 3. The summed E-state index contributed by atoms with van der Waals surface area (Å²) in [5.74, 6) is -2.53. The maximum absolute atomic E-state index is 12.6. The lowest BCUT2D eigenvalue weighted by atomic mass is 9.94. The predicted molar refractivity (Wildman–Crippen MR) is 105 cm³/mol. The van der Waals surface area contributed by atoms with Gasteiger partial charge in [0.25, 0.3) is 0 Å². The van der Waals surface area contributed by atoms with Crippen LogP contribution in [0.2, 0.25) is 0 Å². The first-order valence-corrected chi connectivity index (χ1v) is 9.73. The highest BCUT2D eigenvalue weighted by Crippen LogP contribution is 2.31. The second kappa shape index (κ2) is 11.4. The third-order valence-corrected chi connectivity index (χ3v) is 5.14. The minimum absolute atomic E-state index is 0.123. The van der Waals surface area contributed by atoms with Crippen molar-refractivity contribution >= 4 is 17.8 Å².